The Morgan fingerprint density at radius 1 is 0.826 bits per heavy atom. The van der Waals surface area contributed by atoms with Gasteiger partial charge in [-0.05, 0) is 37.5 Å². The van der Waals surface area contributed by atoms with Crippen molar-refractivity contribution >= 4 is 5.82 Å². The molecule has 4 aliphatic rings. The lowest BCUT2D eigenvalue weighted by atomic mass is 9.94. The summed E-state index contributed by atoms with van der Waals surface area (Å²) in [5, 5.41) is 0. The number of hydrogen-bond donors (Lipinski definition) is 0. The summed E-state index contributed by atoms with van der Waals surface area (Å²) in [6.07, 6.45) is 11.7. The summed E-state index contributed by atoms with van der Waals surface area (Å²) >= 11 is 0. The summed E-state index contributed by atoms with van der Waals surface area (Å²) in [4.78, 5) is 14.4. The predicted molar refractivity (Wildman–Crippen MR) is 91.6 cm³/mol. The van der Waals surface area contributed by atoms with Crippen molar-refractivity contribution in [3.05, 3.63) is 18.1 Å². The van der Waals surface area contributed by atoms with Crippen LogP contribution >= 0.6 is 0 Å². The molecular weight excluding hydrogens is 284 g/mol. The molecule has 1 aromatic heterocycles. The molecule has 0 bridgehead atoms. The average molecular weight is 312 g/mol. The normalized spacial score (nSPS) is 32.4. The Morgan fingerprint density at radius 3 is 2.26 bits per heavy atom. The molecule has 0 amide bonds. The molecule has 4 heteroatoms. The lowest BCUT2D eigenvalue weighted by Gasteiger charge is -2.32. The van der Waals surface area contributed by atoms with E-state index in [2.05, 4.69) is 25.8 Å². The molecule has 2 saturated heterocycles. The lowest BCUT2D eigenvalue weighted by Crippen LogP contribution is -2.37. The Morgan fingerprint density at radius 2 is 1.57 bits per heavy atom. The van der Waals surface area contributed by atoms with Crippen LogP contribution in [0.15, 0.2) is 12.4 Å². The maximum absolute atomic E-state index is 4.57. The molecule has 0 spiro atoms. The van der Waals surface area contributed by atoms with Gasteiger partial charge in [0, 0.05) is 49.9 Å². The first-order valence-corrected chi connectivity index (χ1v) is 9.68. The minimum absolute atomic E-state index is 0.723. The van der Waals surface area contributed by atoms with Gasteiger partial charge >= 0.3 is 0 Å². The van der Waals surface area contributed by atoms with Gasteiger partial charge < -0.3 is 4.90 Å². The zero-order valence-electron chi connectivity index (χ0n) is 14.0. The highest BCUT2D eigenvalue weighted by atomic mass is 15.3. The molecule has 0 radical (unpaired) electrons. The zero-order chi connectivity index (χ0) is 15.2. The average Bonchev–Trinajstić information content (AvgIpc) is 3.26. The first-order chi connectivity index (χ1) is 11.4. The summed E-state index contributed by atoms with van der Waals surface area (Å²) in [6.45, 7) is 5.06. The van der Waals surface area contributed by atoms with E-state index >= 15 is 0 Å². The van der Waals surface area contributed by atoms with Crippen LogP contribution in [0, 0.1) is 11.8 Å². The van der Waals surface area contributed by atoms with Crippen LogP contribution in [0.1, 0.15) is 56.6 Å². The molecule has 0 aromatic carbocycles. The smallest absolute Gasteiger partial charge is 0.132 e. The summed E-state index contributed by atoms with van der Waals surface area (Å²) < 4.78 is 0. The number of likely N-dealkylation sites (tertiary alicyclic amines) is 1. The van der Waals surface area contributed by atoms with Gasteiger partial charge in [0.1, 0.15) is 12.1 Å². The van der Waals surface area contributed by atoms with Crippen LogP contribution in [-0.4, -0.2) is 47.1 Å². The Kier molecular flexibility index (Phi) is 3.54. The quantitative estimate of drug-likeness (QED) is 0.859. The molecular formula is C19H28N4. The van der Waals surface area contributed by atoms with E-state index in [4.69, 9.17) is 0 Å². The lowest BCUT2D eigenvalue weighted by molar-refractivity contribution is 0.180. The van der Waals surface area contributed by atoms with Crippen molar-refractivity contribution in [2.24, 2.45) is 11.8 Å². The van der Waals surface area contributed by atoms with Crippen LogP contribution in [0.4, 0.5) is 5.82 Å². The van der Waals surface area contributed by atoms with Crippen LogP contribution in [0.25, 0.3) is 0 Å². The number of rotatable bonds is 3. The maximum atomic E-state index is 4.57. The first-order valence-electron chi connectivity index (χ1n) is 9.68. The molecule has 124 valence electrons. The molecule has 4 nitrogen and oxygen atoms in total. The summed E-state index contributed by atoms with van der Waals surface area (Å²) in [5.74, 6) is 3.62. The number of nitrogens with zero attached hydrogens (tertiary/aromatic N) is 4. The number of anilines is 1. The van der Waals surface area contributed by atoms with Crippen LogP contribution in [-0.2, 0) is 0 Å². The van der Waals surface area contributed by atoms with Gasteiger partial charge in [-0.1, -0.05) is 19.3 Å². The van der Waals surface area contributed by atoms with Gasteiger partial charge in [-0.25, -0.2) is 9.97 Å². The summed E-state index contributed by atoms with van der Waals surface area (Å²) in [5.41, 5.74) is 1.27. The van der Waals surface area contributed by atoms with E-state index in [0.29, 0.717) is 0 Å². The molecule has 1 aromatic rings. The van der Waals surface area contributed by atoms with Gasteiger partial charge in [-0.2, -0.15) is 0 Å². The minimum atomic E-state index is 0.723. The van der Waals surface area contributed by atoms with Gasteiger partial charge in [-0.15, -0.1) is 0 Å². The van der Waals surface area contributed by atoms with Crippen molar-refractivity contribution < 1.29 is 0 Å². The van der Waals surface area contributed by atoms with Crippen LogP contribution in [0.3, 0.4) is 0 Å². The van der Waals surface area contributed by atoms with Crippen molar-refractivity contribution in [2.75, 3.05) is 31.1 Å². The third-order valence-electron chi connectivity index (χ3n) is 6.60. The van der Waals surface area contributed by atoms with Crippen LogP contribution in [0.5, 0.6) is 0 Å². The van der Waals surface area contributed by atoms with Crippen molar-refractivity contribution in [3.8, 4) is 0 Å². The largest absolute Gasteiger partial charge is 0.356 e. The van der Waals surface area contributed by atoms with Gasteiger partial charge in [0.15, 0.2) is 0 Å². The molecule has 2 aliphatic carbocycles. The van der Waals surface area contributed by atoms with E-state index in [1.807, 2.05) is 0 Å². The molecule has 3 heterocycles. The molecule has 0 N–H and O–H groups in total. The zero-order valence-corrected chi connectivity index (χ0v) is 14.0. The van der Waals surface area contributed by atoms with Crippen molar-refractivity contribution in [2.45, 2.75) is 56.9 Å². The predicted octanol–water partition coefficient (Wildman–Crippen LogP) is 3.05. The monoisotopic (exact) mass is 312 g/mol. The highest BCUT2D eigenvalue weighted by Crippen LogP contribution is 2.41. The molecule has 2 unspecified atom stereocenters. The van der Waals surface area contributed by atoms with E-state index in [1.54, 1.807) is 6.33 Å². The first kappa shape index (κ1) is 14.2. The second kappa shape index (κ2) is 5.73. The molecule has 2 saturated carbocycles. The second-order valence-corrected chi connectivity index (χ2v) is 8.25. The molecule has 2 aliphatic heterocycles. The van der Waals surface area contributed by atoms with Gasteiger partial charge in [0.2, 0.25) is 0 Å². The number of aromatic nitrogens is 2. The topological polar surface area (TPSA) is 32.3 Å². The van der Waals surface area contributed by atoms with E-state index in [-0.39, 0.29) is 0 Å². The van der Waals surface area contributed by atoms with Gasteiger partial charge in [0.05, 0.1) is 0 Å². The standard InChI is InChI=1S/C19H28N4/c1-2-4-17(5-3-1)22-9-15-11-23(12-16(15)10-22)19-8-18(14-6-7-14)20-13-21-19/h8,13-17H,1-7,9-12H2. The highest BCUT2D eigenvalue weighted by Gasteiger charge is 2.42. The molecule has 2 atom stereocenters. The fourth-order valence-electron chi connectivity index (χ4n) is 5.10. The Balaban J connectivity index is 1.24. The van der Waals surface area contributed by atoms with Crippen molar-refractivity contribution in [1.29, 1.82) is 0 Å². The SMILES string of the molecule is c1nc(C2CC2)cc(N2CC3CN(C4CCCCC4)CC3C2)n1. The number of hydrogen-bond acceptors (Lipinski definition) is 4. The molecule has 5 rings (SSSR count). The summed E-state index contributed by atoms with van der Waals surface area (Å²) in [7, 11) is 0. The van der Waals surface area contributed by atoms with Crippen LogP contribution < -0.4 is 4.90 Å². The Labute approximate surface area is 139 Å². The number of fused-ring (bicyclic) bond motifs is 1. The Bertz CT molecular complexity index is 550. The second-order valence-electron chi connectivity index (χ2n) is 8.25. The van der Waals surface area contributed by atoms with Gasteiger partial charge in [0.25, 0.3) is 0 Å². The van der Waals surface area contributed by atoms with Crippen LogP contribution in [0.2, 0.25) is 0 Å². The maximum Gasteiger partial charge on any atom is 0.132 e. The molecule has 23 heavy (non-hydrogen) atoms. The summed E-state index contributed by atoms with van der Waals surface area (Å²) in [6, 6.07) is 3.15. The van der Waals surface area contributed by atoms with Gasteiger partial charge in [-0.3, -0.25) is 4.90 Å². The third kappa shape index (κ3) is 2.75. The molecule has 4 fully saturated rings. The Hall–Kier alpha value is -1.16. The van der Waals surface area contributed by atoms with E-state index < -0.39 is 0 Å². The van der Waals surface area contributed by atoms with Crippen molar-refractivity contribution in [1.82, 2.24) is 14.9 Å². The minimum Gasteiger partial charge on any atom is -0.356 e. The van der Waals surface area contributed by atoms with Crippen molar-refractivity contribution in [3.63, 3.8) is 0 Å². The highest BCUT2D eigenvalue weighted by molar-refractivity contribution is 5.42. The fourth-order valence-corrected chi connectivity index (χ4v) is 5.10. The van der Waals surface area contributed by atoms with E-state index in [9.17, 15) is 0 Å². The van der Waals surface area contributed by atoms with E-state index in [1.165, 1.54) is 82.6 Å². The fraction of sp³-hybridized carbons (Fsp3) is 0.789. The van der Waals surface area contributed by atoms with E-state index in [0.717, 1.165) is 23.8 Å². The third-order valence-corrected chi connectivity index (χ3v) is 6.60.